The number of aryl methyl sites for hydroxylation is 1. The molecule has 1 aliphatic heterocycles. The Morgan fingerprint density at radius 3 is 2.71 bits per heavy atom. The molecule has 2 aliphatic rings. The molecule has 0 bridgehead atoms. The Labute approximate surface area is 187 Å². The molecular formula is C23H21N3O3S2. The van der Waals surface area contributed by atoms with Crippen LogP contribution in [0.15, 0.2) is 59.3 Å². The molecule has 0 radical (unpaired) electrons. The summed E-state index contributed by atoms with van der Waals surface area (Å²) in [5.41, 5.74) is 0.797. The largest absolute Gasteiger partial charge is 0.343 e. The molecule has 1 spiro atoms. The van der Waals surface area contributed by atoms with Crippen molar-refractivity contribution in [2.75, 3.05) is 6.54 Å². The number of hydrogen-bond donors (Lipinski definition) is 2. The summed E-state index contributed by atoms with van der Waals surface area (Å²) in [4.78, 5) is 42.2. The molecule has 3 heterocycles. The zero-order valence-corrected chi connectivity index (χ0v) is 18.3. The number of urea groups is 1. The second-order valence-electron chi connectivity index (χ2n) is 7.76. The average molecular weight is 452 g/mol. The summed E-state index contributed by atoms with van der Waals surface area (Å²) in [6.45, 7) is -0.305. The van der Waals surface area contributed by atoms with Gasteiger partial charge in [0.1, 0.15) is 12.1 Å². The molecule has 1 aromatic carbocycles. The number of nitrogens with zero attached hydrogens (tertiary/aromatic N) is 1. The van der Waals surface area contributed by atoms with Crippen LogP contribution in [0.25, 0.3) is 0 Å². The SMILES string of the molecule is O=C(CN1C(=O)N[C@]2(CCCc3sccc32)C1=O)N[C@H](c1ccccc1)c1cccs1. The highest BCUT2D eigenvalue weighted by Crippen LogP contribution is 2.42. The van der Waals surface area contributed by atoms with Crippen LogP contribution in [0.3, 0.4) is 0 Å². The number of fused-ring (bicyclic) bond motifs is 2. The molecule has 2 N–H and O–H groups in total. The number of carbonyl (C=O) groups excluding carboxylic acids is 3. The van der Waals surface area contributed by atoms with Crippen molar-refractivity contribution in [3.63, 3.8) is 0 Å². The molecule has 2 atom stereocenters. The Morgan fingerprint density at radius 2 is 1.94 bits per heavy atom. The molecule has 5 rings (SSSR count). The van der Waals surface area contributed by atoms with Gasteiger partial charge in [-0.15, -0.1) is 22.7 Å². The van der Waals surface area contributed by atoms with Crippen LogP contribution in [-0.2, 0) is 21.5 Å². The van der Waals surface area contributed by atoms with Gasteiger partial charge in [-0.05, 0) is 47.7 Å². The normalized spacial score (nSPS) is 21.1. The molecule has 1 saturated heterocycles. The van der Waals surface area contributed by atoms with E-state index in [0.717, 1.165) is 38.6 Å². The van der Waals surface area contributed by atoms with Crippen LogP contribution in [0.2, 0.25) is 0 Å². The first-order valence-corrected chi connectivity index (χ1v) is 11.9. The maximum absolute atomic E-state index is 13.3. The number of benzene rings is 1. The molecular weight excluding hydrogens is 430 g/mol. The summed E-state index contributed by atoms with van der Waals surface area (Å²) in [5.74, 6) is -0.705. The third-order valence-corrected chi connectivity index (χ3v) is 7.82. The molecule has 4 amide bonds. The third-order valence-electron chi connectivity index (χ3n) is 5.90. The van der Waals surface area contributed by atoms with Crippen LogP contribution in [0, 0.1) is 0 Å². The number of amides is 4. The van der Waals surface area contributed by atoms with E-state index in [1.807, 2.05) is 59.3 Å². The first-order valence-electron chi connectivity index (χ1n) is 10.2. The van der Waals surface area contributed by atoms with Gasteiger partial charge in [0.15, 0.2) is 0 Å². The van der Waals surface area contributed by atoms with Crippen LogP contribution in [-0.4, -0.2) is 29.3 Å². The first-order chi connectivity index (χ1) is 15.1. The zero-order chi connectivity index (χ0) is 21.4. The zero-order valence-electron chi connectivity index (χ0n) is 16.7. The fourth-order valence-corrected chi connectivity index (χ4v) is 6.26. The lowest BCUT2D eigenvalue weighted by Crippen LogP contribution is -2.47. The van der Waals surface area contributed by atoms with Crippen LogP contribution in [0.4, 0.5) is 4.79 Å². The molecule has 1 aliphatic carbocycles. The van der Waals surface area contributed by atoms with Crippen molar-refractivity contribution in [2.24, 2.45) is 0 Å². The van der Waals surface area contributed by atoms with Gasteiger partial charge in [0.05, 0.1) is 6.04 Å². The lowest BCUT2D eigenvalue weighted by Gasteiger charge is -2.31. The molecule has 3 aromatic rings. The quantitative estimate of drug-likeness (QED) is 0.579. The first kappa shape index (κ1) is 20.0. The maximum atomic E-state index is 13.3. The highest BCUT2D eigenvalue weighted by Gasteiger charge is 2.54. The van der Waals surface area contributed by atoms with E-state index in [2.05, 4.69) is 10.6 Å². The predicted octanol–water partition coefficient (Wildman–Crippen LogP) is 3.80. The number of nitrogens with one attached hydrogen (secondary N) is 2. The minimum absolute atomic E-state index is 0.305. The standard InChI is InChI=1S/C23H21N3O3S2/c27-19(24-20(18-9-5-12-30-18)15-6-2-1-3-7-15)14-26-21(28)23(25-22(26)29)11-4-8-17-16(23)10-13-31-17/h1-3,5-7,9-10,12-13,20H,4,8,11,14H2,(H,24,27)(H,25,29)/t20-,23+/m1/s1. The van der Waals surface area contributed by atoms with E-state index in [0.29, 0.717) is 6.42 Å². The van der Waals surface area contributed by atoms with Crippen LogP contribution in [0.5, 0.6) is 0 Å². The summed E-state index contributed by atoms with van der Waals surface area (Å²) in [6.07, 6.45) is 2.30. The van der Waals surface area contributed by atoms with Crippen molar-refractivity contribution in [3.8, 4) is 0 Å². The fraction of sp³-hybridized carbons (Fsp3) is 0.261. The molecule has 2 aromatic heterocycles. The molecule has 6 nitrogen and oxygen atoms in total. The lowest BCUT2D eigenvalue weighted by atomic mass is 9.80. The summed E-state index contributed by atoms with van der Waals surface area (Å²) >= 11 is 3.16. The molecule has 0 unspecified atom stereocenters. The number of imide groups is 1. The number of rotatable bonds is 5. The van der Waals surface area contributed by atoms with E-state index in [9.17, 15) is 14.4 Å². The molecule has 31 heavy (non-hydrogen) atoms. The molecule has 1 fully saturated rings. The highest BCUT2D eigenvalue weighted by molar-refractivity contribution is 7.10. The average Bonchev–Trinajstić information content (AvgIpc) is 3.52. The van der Waals surface area contributed by atoms with Gasteiger partial charge < -0.3 is 10.6 Å². The van der Waals surface area contributed by atoms with E-state index in [4.69, 9.17) is 0 Å². The number of carbonyl (C=O) groups is 3. The molecule has 0 saturated carbocycles. The Kier molecular flexibility index (Phi) is 5.11. The van der Waals surface area contributed by atoms with Crippen molar-refractivity contribution in [1.29, 1.82) is 0 Å². The lowest BCUT2D eigenvalue weighted by molar-refractivity contribution is -0.135. The predicted molar refractivity (Wildman–Crippen MR) is 120 cm³/mol. The van der Waals surface area contributed by atoms with Crippen molar-refractivity contribution in [2.45, 2.75) is 30.8 Å². The van der Waals surface area contributed by atoms with E-state index < -0.39 is 11.6 Å². The van der Waals surface area contributed by atoms with Gasteiger partial charge in [0.25, 0.3) is 5.91 Å². The Morgan fingerprint density at radius 1 is 1.10 bits per heavy atom. The second kappa shape index (κ2) is 7.94. The van der Waals surface area contributed by atoms with Crippen molar-refractivity contribution in [3.05, 3.63) is 80.2 Å². The van der Waals surface area contributed by atoms with Gasteiger partial charge in [0.2, 0.25) is 5.91 Å². The minimum Gasteiger partial charge on any atom is -0.343 e. The number of thiophene rings is 2. The van der Waals surface area contributed by atoms with Crippen molar-refractivity contribution in [1.82, 2.24) is 15.5 Å². The maximum Gasteiger partial charge on any atom is 0.325 e. The van der Waals surface area contributed by atoms with Crippen LogP contribution in [0.1, 0.15) is 39.8 Å². The Balaban J connectivity index is 1.36. The summed E-state index contributed by atoms with van der Waals surface area (Å²) in [5, 5.41) is 9.82. The Hall–Kier alpha value is -2.97. The smallest absolute Gasteiger partial charge is 0.325 e. The summed E-state index contributed by atoms with van der Waals surface area (Å²) in [7, 11) is 0. The van der Waals surface area contributed by atoms with Gasteiger partial charge in [0, 0.05) is 15.3 Å². The van der Waals surface area contributed by atoms with E-state index in [-0.39, 0.29) is 24.4 Å². The van der Waals surface area contributed by atoms with Gasteiger partial charge in [-0.3, -0.25) is 14.5 Å². The van der Waals surface area contributed by atoms with Crippen LogP contribution < -0.4 is 10.6 Å². The second-order valence-corrected chi connectivity index (χ2v) is 9.74. The van der Waals surface area contributed by atoms with Gasteiger partial charge in [-0.2, -0.15) is 0 Å². The van der Waals surface area contributed by atoms with Gasteiger partial charge in [-0.25, -0.2) is 4.79 Å². The minimum atomic E-state index is -1.03. The van der Waals surface area contributed by atoms with Crippen LogP contribution >= 0.6 is 22.7 Å². The third kappa shape index (κ3) is 3.45. The van der Waals surface area contributed by atoms with Gasteiger partial charge in [-0.1, -0.05) is 36.4 Å². The fourth-order valence-electron chi connectivity index (χ4n) is 4.45. The van der Waals surface area contributed by atoms with E-state index in [1.54, 1.807) is 22.7 Å². The molecule has 158 valence electrons. The van der Waals surface area contributed by atoms with Crippen molar-refractivity contribution >= 4 is 40.5 Å². The Bertz CT molecular complexity index is 1130. The van der Waals surface area contributed by atoms with E-state index >= 15 is 0 Å². The van der Waals surface area contributed by atoms with Gasteiger partial charge >= 0.3 is 6.03 Å². The summed E-state index contributed by atoms with van der Waals surface area (Å²) in [6, 6.07) is 14.6. The highest BCUT2D eigenvalue weighted by atomic mass is 32.1. The summed E-state index contributed by atoms with van der Waals surface area (Å²) < 4.78 is 0. The van der Waals surface area contributed by atoms with E-state index in [1.165, 1.54) is 0 Å². The van der Waals surface area contributed by atoms with Crippen molar-refractivity contribution < 1.29 is 14.4 Å². The molecule has 8 heteroatoms. The topological polar surface area (TPSA) is 78.5 Å². The monoisotopic (exact) mass is 451 g/mol. The number of hydrogen-bond acceptors (Lipinski definition) is 5.